The molecule has 124 valence electrons. The summed E-state index contributed by atoms with van der Waals surface area (Å²) in [7, 11) is 0. The molecule has 1 fully saturated rings. The molecule has 0 aromatic heterocycles. The number of carbonyl (C=O) groups excluding carboxylic acids is 2. The average Bonchev–Trinajstić information content (AvgIpc) is 2.92. The van der Waals surface area contributed by atoms with Gasteiger partial charge < -0.3 is 0 Å². The number of rotatable bonds is 4. The average molecular weight is 322 g/mol. The fraction of sp³-hybridized carbons (Fsp3) is 0.300. The van der Waals surface area contributed by atoms with Crippen molar-refractivity contribution in [2.24, 2.45) is 0 Å². The lowest BCUT2D eigenvalue weighted by atomic mass is 9.90. The van der Waals surface area contributed by atoms with Gasteiger partial charge in [-0.1, -0.05) is 55.0 Å². The lowest BCUT2D eigenvalue weighted by Crippen LogP contribution is -2.48. The van der Waals surface area contributed by atoms with E-state index >= 15 is 0 Å². The van der Waals surface area contributed by atoms with E-state index < -0.39 is 0 Å². The number of aryl methyl sites for hydroxylation is 1. The molecule has 1 saturated heterocycles. The summed E-state index contributed by atoms with van der Waals surface area (Å²) in [4.78, 5) is 24.9. The van der Waals surface area contributed by atoms with Crippen LogP contribution in [0.25, 0.3) is 0 Å². The van der Waals surface area contributed by atoms with Crippen LogP contribution in [0.15, 0.2) is 54.6 Å². The van der Waals surface area contributed by atoms with Crippen molar-refractivity contribution >= 4 is 11.8 Å². The van der Waals surface area contributed by atoms with Crippen molar-refractivity contribution in [3.8, 4) is 0 Å². The SMILES string of the molecule is CC[C@H]1[C@H](c2ccc(C)cc2)CC(=O)N1NC(=O)c1ccccc1. The molecule has 4 nitrogen and oxygen atoms in total. The lowest BCUT2D eigenvalue weighted by molar-refractivity contribution is -0.131. The first kappa shape index (κ1) is 16.2. The van der Waals surface area contributed by atoms with Crippen LogP contribution in [0.4, 0.5) is 0 Å². The van der Waals surface area contributed by atoms with Crippen molar-refractivity contribution < 1.29 is 9.59 Å². The fourth-order valence-corrected chi connectivity index (χ4v) is 3.32. The lowest BCUT2D eigenvalue weighted by Gasteiger charge is -2.27. The van der Waals surface area contributed by atoms with E-state index in [2.05, 4.69) is 29.7 Å². The molecule has 1 N–H and O–H groups in total. The number of hydrazine groups is 1. The zero-order valence-corrected chi connectivity index (χ0v) is 14.0. The summed E-state index contributed by atoms with van der Waals surface area (Å²) in [5, 5.41) is 1.53. The highest BCUT2D eigenvalue weighted by Crippen LogP contribution is 2.35. The molecule has 1 heterocycles. The second-order valence-electron chi connectivity index (χ2n) is 6.27. The predicted octanol–water partition coefficient (Wildman–Crippen LogP) is 3.43. The maximum atomic E-state index is 12.5. The molecule has 0 spiro atoms. The molecule has 2 amide bonds. The molecule has 0 unspecified atom stereocenters. The molecule has 1 aliphatic rings. The quantitative estimate of drug-likeness (QED) is 0.937. The number of benzene rings is 2. The van der Waals surface area contributed by atoms with Gasteiger partial charge in [-0.15, -0.1) is 0 Å². The first-order valence-electron chi connectivity index (χ1n) is 8.34. The van der Waals surface area contributed by atoms with E-state index in [0.29, 0.717) is 12.0 Å². The molecular weight excluding hydrogens is 300 g/mol. The molecule has 0 aliphatic carbocycles. The Balaban J connectivity index is 1.79. The van der Waals surface area contributed by atoms with E-state index in [1.807, 2.05) is 32.0 Å². The minimum atomic E-state index is -0.244. The Kier molecular flexibility index (Phi) is 4.65. The second kappa shape index (κ2) is 6.87. The number of carbonyl (C=O) groups is 2. The van der Waals surface area contributed by atoms with Gasteiger partial charge in [0.2, 0.25) is 5.91 Å². The predicted molar refractivity (Wildman–Crippen MR) is 93.4 cm³/mol. The van der Waals surface area contributed by atoms with E-state index in [1.54, 1.807) is 12.1 Å². The van der Waals surface area contributed by atoms with Gasteiger partial charge in [0, 0.05) is 17.9 Å². The van der Waals surface area contributed by atoms with Gasteiger partial charge in [-0.05, 0) is 31.0 Å². The first-order valence-corrected chi connectivity index (χ1v) is 8.34. The molecule has 4 heteroatoms. The Hall–Kier alpha value is -2.62. The second-order valence-corrected chi connectivity index (χ2v) is 6.27. The smallest absolute Gasteiger partial charge is 0.269 e. The van der Waals surface area contributed by atoms with Gasteiger partial charge in [0.05, 0.1) is 6.04 Å². The van der Waals surface area contributed by atoms with Gasteiger partial charge in [0.25, 0.3) is 5.91 Å². The van der Waals surface area contributed by atoms with Crippen LogP contribution in [-0.2, 0) is 4.79 Å². The van der Waals surface area contributed by atoms with E-state index in [9.17, 15) is 9.59 Å². The van der Waals surface area contributed by atoms with Gasteiger partial charge in [0.1, 0.15) is 0 Å². The van der Waals surface area contributed by atoms with Crippen LogP contribution in [0.2, 0.25) is 0 Å². The topological polar surface area (TPSA) is 49.4 Å². The van der Waals surface area contributed by atoms with Crippen LogP contribution in [-0.4, -0.2) is 22.9 Å². The van der Waals surface area contributed by atoms with Crippen molar-refractivity contribution in [2.45, 2.75) is 38.6 Å². The Morgan fingerprint density at radius 1 is 1.12 bits per heavy atom. The first-order chi connectivity index (χ1) is 11.6. The van der Waals surface area contributed by atoms with Crippen molar-refractivity contribution in [2.75, 3.05) is 0 Å². The number of hydrogen-bond donors (Lipinski definition) is 1. The maximum absolute atomic E-state index is 12.5. The summed E-state index contributed by atoms with van der Waals surface area (Å²) in [5.41, 5.74) is 5.71. The molecule has 1 aliphatic heterocycles. The molecule has 3 rings (SSSR count). The summed E-state index contributed by atoms with van der Waals surface area (Å²) in [5.74, 6) is -0.164. The Morgan fingerprint density at radius 3 is 2.42 bits per heavy atom. The Bertz CT molecular complexity index is 725. The van der Waals surface area contributed by atoms with Crippen molar-refractivity contribution in [1.29, 1.82) is 0 Å². The Labute approximate surface area is 142 Å². The maximum Gasteiger partial charge on any atom is 0.269 e. The van der Waals surface area contributed by atoms with Crippen LogP contribution >= 0.6 is 0 Å². The number of nitrogens with one attached hydrogen (secondary N) is 1. The van der Waals surface area contributed by atoms with E-state index in [-0.39, 0.29) is 23.8 Å². The molecule has 2 aromatic carbocycles. The highest BCUT2D eigenvalue weighted by Gasteiger charge is 2.40. The van der Waals surface area contributed by atoms with Crippen LogP contribution in [0.5, 0.6) is 0 Å². The highest BCUT2D eigenvalue weighted by atomic mass is 16.2. The zero-order chi connectivity index (χ0) is 17.1. The van der Waals surface area contributed by atoms with E-state index in [0.717, 1.165) is 12.0 Å². The third-order valence-electron chi connectivity index (χ3n) is 4.64. The third-order valence-corrected chi connectivity index (χ3v) is 4.64. The highest BCUT2D eigenvalue weighted by molar-refractivity contribution is 5.95. The number of nitrogens with zero attached hydrogens (tertiary/aromatic N) is 1. The summed E-state index contributed by atoms with van der Waals surface area (Å²) in [6.45, 7) is 4.10. The van der Waals surface area contributed by atoms with Gasteiger partial charge in [-0.2, -0.15) is 0 Å². The van der Waals surface area contributed by atoms with E-state index in [1.165, 1.54) is 10.6 Å². The van der Waals surface area contributed by atoms with Gasteiger partial charge >= 0.3 is 0 Å². The van der Waals surface area contributed by atoms with Crippen molar-refractivity contribution in [3.05, 3.63) is 71.3 Å². The Morgan fingerprint density at radius 2 is 1.79 bits per heavy atom. The van der Waals surface area contributed by atoms with Crippen molar-refractivity contribution in [3.63, 3.8) is 0 Å². The third kappa shape index (κ3) is 3.18. The van der Waals surface area contributed by atoms with Gasteiger partial charge in [-0.3, -0.25) is 20.0 Å². The summed E-state index contributed by atoms with van der Waals surface area (Å²) >= 11 is 0. The fourth-order valence-electron chi connectivity index (χ4n) is 3.32. The molecule has 0 saturated carbocycles. The molecule has 2 aromatic rings. The molecular formula is C20H22N2O2. The standard InChI is InChI=1S/C20H22N2O2/c1-3-18-17(15-11-9-14(2)10-12-15)13-19(23)22(18)21-20(24)16-7-5-4-6-8-16/h4-12,17-18H,3,13H2,1-2H3,(H,21,24)/t17-,18-/m0/s1. The summed E-state index contributed by atoms with van der Waals surface area (Å²) < 4.78 is 0. The minimum absolute atomic E-state index is 0.0205. The largest absolute Gasteiger partial charge is 0.273 e. The van der Waals surface area contributed by atoms with Gasteiger partial charge in [0.15, 0.2) is 0 Å². The number of hydrogen-bond acceptors (Lipinski definition) is 2. The molecule has 0 radical (unpaired) electrons. The van der Waals surface area contributed by atoms with Crippen LogP contribution < -0.4 is 5.43 Å². The monoisotopic (exact) mass is 322 g/mol. The minimum Gasteiger partial charge on any atom is -0.273 e. The van der Waals surface area contributed by atoms with Crippen LogP contribution in [0, 0.1) is 6.92 Å². The molecule has 0 bridgehead atoms. The normalized spacial score (nSPS) is 20.2. The van der Waals surface area contributed by atoms with Crippen LogP contribution in [0.3, 0.4) is 0 Å². The zero-order valence-electron chi connectivity index (χ0n) is 14.0. The van der Waals surface area contributed by atoms with Gasteiger partial charge in [-0.25, -0.2) is 0 Å². The summed E-state index contributed by atoms with van der Waals surface area (Å²) in [6, 6.07) is 17.3. The summed E-state index contributed by atoms with van der Waals surface area (Å²) in [6.07, 6.45) is 1.22. The molecule has 2 atom stereocenters. The van der Waals surface area contributed by atoms with Crippen LogP contribution in [0.1, 0.15) is 47.2 Å². The number of amides is 2. The van der Waals surface area contributed by atoms with E-state index in [4.69, 9.17) is 0 Å². The molecule has 24 heavy (non-hydrogen) atoms. The van der Waals surface area contributed by atoms with Crippen molar-refractivity contribution in [1.82, 2.24) is 10.4 Å².